The van der Waals surface area contributed by atoms with Crippen molar-refractivity contribution >= 4 is 17.8 Å². The van der Waals surface area contributed by atoms with Crippen molar-refractivity contribution in [2.45, 2.75) is 0 Å². The fourth-order valence-corrected chi connectivity index (χ4v) is 0.640. The number of carbonyl (C=O) groups excluding carboxylic acids is 1. The molecule has 0 aliphatic carbocycles. The Bertz CT molecular complexity index is 368. The highest BCUT2D eigenvalue weighted by atomic mass is 16.4. The van der Waals surface area contributed by atoms with Crippen LogP contribution in [0.3, 0.4) is 0 Å². The van der Waals surface area contributed by atoms with Crippen molar-refractivity contribution in [1.29, 1.82) is 5.26 Å². The van der Waals surface area contributed by atoms with E-state index in [0.29, 0.717) is 0 Å². The van der Waals surface area contributed by atoms with Crippen LogP contribution in [0.4, 0.5) is 0 Å². The number of carboxylic acid groups (broad SMARTS) is 2. The Morgan fingerprint density at radius 3 is 2.19 bits per heavy atom. The molecule has 0 radical (unpaired) electrons. The summed E-state index contributed by atoms with van der Waals surface area (Å²) in [5, 5.41) is 29.2. The van der Waals surface area contributed by atoms with Crippen LogP contribution >= 0.6 is 0 Å². The van der Waals surface area contributed by atoms with Gasteiger partial charge in [-0.3, -0.25) is 14.4 Å². The van der Waals surface area contributed by atoms with Crippen LogP contribution in [0.2, 0.25) is 0 Å². The van der Waals surface area contributed by atoms with E-state index in [1.165, 1.54) is 6.07 Å². The molecule has 0 unspecified atom stereocenters. The quantitative estimate of drug-likeness (QED) is 0.312. The first kappa shape index (κ1) is 13.4. The van der Waals surface area contributed by atoms with E-state index in [-0.39, 0.29) is 0 Å². The van der Waals surface area contributed by atoms with Gasteiger partial charge in [-0.25, -0.2) is 0 Å². The first-order valence-electron chi connectivity index (χ1n) is 4.02. The molecule has 0 spiro atoms. The Balaban J connectivity index is 4.27. The monoisotopic (exact) mass is 227 g/mol. The summed E-state index contributed by atoms with van der Waals surface area (Å²) in [5.41, 5.74) is -0.400. The third-order valence-electron chi connectivity index (χ3n) is 1.26. The molecule has 0 atom stereocenters. The van der Waals surface area contributed by atoms with Crippen LogP contribution in [0.5, 0.6) is 0 Å². The van der Waals surface area contributed by atoms with E-state index in [1.807, 2.05) is 5.32 Å². The first-order valence-corrected chi connectivity index (χ1v) is 4.02. The van der Waals surface area contributed by atoms with Gasteiger partial charge in [-0.05, 0) is 0 Å². The molecule has 8 heteroatoms. The number of aliphatic carboxylic acids is 2. The molecule has 0 saturated heterocycles. The number of rotatable bonds is 6. The number of carboxylic acids is 2. The largest absolute Gasteiger partial charge is 0.480 e. The summed E-state index contributed by atoms with van der Waals surface area (Å²) in [6.07, 6.45) is 0.908. The maximum absolute atomic E-state index is 11.1. The second kappa shape index (κ2) is 6.83. The summed E-state index contributed by atoms with van der Waals surface area (Å²) in [4.78, 5) is 31.3. The van der Waals surface area contributed by atoms with E-state index in [2.05, 4.69) is 5.32 Å². The van der Waals surface area contributed by atoms with Crippen molar-refractivity contribution in [3.63, 3.8) is 0 Å². The van der Waals surface area contributed by atoms with Crippen LogP contribution in [0.15, 0.2) is 11.8 Å². The molecule has 0 aromatic carbocycles. The van der Waals surface area contributed by atoms with E-state index < -0.39 is 36.5 Å². The number of nitrogens with one attached hydrogen (secondary N) is 2. The molecule has 0 aliphatic rings. The summed E-state index contributed by atoms with van der Waals surface area (Å²) in [5.74, 6) is -3.29. The van der Waals surface area contributed by atoms with E-state index in [1.54, 1.807) is 0 Å². The fourth-order valence-electron chi connectivity index (χ4n) is 0.640. The smallest absolute Gasteiger partial charge is 0.322 e. The van der Waals surface area contributed by atoms with E-state index in [0.717, 1.165) is 6.20 Å². The molecule has 0 fully saturated rings. The highest BCUT2D eigenvalue weighted by Gasteiger charge is 2.09. The van der Waals surface area contributed by atoms with Crippen LogP contribution in [-0.2, 0) is 14.4 Å². The number of hydrogen-bond acceptors (Lipinski definition) is 5. The lowest BCUT2D eigenvalue weighted by atomic mass is 10.3. The van der Waals surface area contributed by atoms with Gasteiger partial charge in [-0.2, -0.15) is 5.26 Å². The molecule has 0 rings (SSSR count). The van der Waals surface area contributed by atoms with Gasteiger partial charge in [0.25, 0.3) is 5.91 Å². The van der Waals surface area contributed by atoms with Gasteiger partial charge >= 0.3 is 11.9 Å². The fraction of sp³-hybridized carbons (Fsp3) is 0.250. The van der Waals surface area contributed by atoms with Gasteiger partial charge in [0.15, 0.2) is 0 Å². The van der Waals surface area contributed by atoms with Gasteiger partial charge in [0, 0.05) is 6.20 Å². The topological polar surface area (TPSA) is 140 Å². The van der Waals surface area contributed by atoms with Gasteiger partial charge in [0.2, 0.25) is 0 Å². The Kier molecular flexibility index (Phi) is 5.74. The third kappa shape index (κ3) is 5.98. The summed E-state index contributed by atoms with van der Waals surface area (Å²) in [6, 6.07) is 1.50. The molecule has 16 heavy (non-hydrogen) atoms. The second-order valence-corrected chi connectivity index (χ2v) is 2.52. The van der Waals surface area contributed by atoms with Crippen LogP contribution < -0.4 is 10.6 Å². The number of carbonyl (C=O) groups is 3. The van der Waals surface area contributed by atoms with Crippen LogP contribution in [0.1, 0.15) is 0 Å². The predicted molar refractivity (Wildman–Crippen MR) is 50.0 cm³/mol. The molecule has 0 bridgehead atoms. The molecule has 0 heterocycles. The highest BCUT2D eigenvalue weighted by Crippen LogP contribution is 1.89. The summed E-state index contributed by atoms with van der Waals surface area (Å²) in [6.45, 7) is -1.06. The predicted octanol–water partition coefficient (Wildman–Crippen LogP) is -1.73. The minimum Gasteiger partial charge on any atom is -0.480 e. The van der Waals surface area contributed by atoms with Crippen molar-refractivity contribution in [2.24, 2.45) is 0 Å². The number of amides is 1. The number of hydrogen-bond donors (Lipinski definition) is 4. The Labute approximate surface area is 90.2 Å². The maximum Gasteiger partial charge on any atom is 0.322 e. The second-order valence-electron chi connectivity index (χ2n) is 2.52. The lowest BCUT2D eigenvalue weighted by Gasteiger charge is -2.00. The van der Waals surface area contributed by atoms with Crippen LogP contribution in [-0.4, -0.2) is 41.1 Å². The lowest BCUT2D eigenvalue weighted by molar-refractivity contribution is -0.137. The van der Waals surface area contributed by atoms with E-state index in [4.69, 9.17) is 15.5 Å². The van der Waals surface area contributed by atoms with Crippen molar-refractivity contribution < 1.29 is 24.6 Å². The molecule has 8 nitrogen and oxygen atoms in total. The van der Waals surface area contributed by atoms with Crippen molar-refractivity contribution in [2.75, 3.05) is 13.1 Å². The summed E-state index contributed by atoms with van der Waals surface area (Å²) in [7, 11) is 0. The molecular formula is C8H9N3O5. The number of nitriles is 1. The minimum absolute atomic E-state index is 0.400. The molecular weight excluding hydrogens is 218 g/mol. The molecule has 0 aromatic heterocycles. The third-order valence-corrected chi connectivity index (χ3v) is 1.26. The van der Waals surface area contributed by atoms with E-state index >= 15 is 0 Å². The average molecular weight is 227 g/mol. The van der Waals surface area contributed by atoms with Crippen molar-refractivity contribution in [1.82, 2.24) is 10.6 Å². The van der Waals surface area contributed by atoms with Gasteiger partial charge in [0.05, 0.1) is 0 Å². The minimum atomic E-state index is -1.25. The Morgan fingerprint density at radius 1 is 1.19 bits per heavy atom. The van der Waals surface area contributed by atoms with Gasteiger partial charge in [-0.15, -0.1) is 0 Å². The zero-order valence-corrected chi connectivity index (χ0v) is 8.06. The highest BCUT2D eigenvalue weighted by molar-refractivity contribution is 5.98. The Hall–Kier alpha value is -2.56. The molecule has 1 amide bonds. The van der Waals surface area contributed by atoms with E-state index in [9.17, 15) is 14.4 Å². The molecule has 86 valence electrons. The van der Waals surface area contributed by atoms with Crippen molar-refractivity contribution in [3.8, 4) is 6.07 Å². The summed E-state index contributed by atoms with van der Waals surface area (Å²) >= 11 is 0. The molecule has 0 aromatic rings. The van der Waals surface area contributed by atoms with Crippen molar-refractivity contribution in [3.05, 3.63) is 11.8 Å². The standard InChI is InChI=1S/C8H9N3O5/c9-1-5(2-10-3-6(12)13)8(16)11-4-7(14)15/h2,10H,3-4H2,(H,11,16)(H,12,13)(H,14,15)/b5-2-. The first-order chi connectivity index (χ1) is 7.47. The zero-order valence-electron chi connectivity index (χ0n) is 8.06. The molecule has 0 aliphatic heterocycles. The SMILES string of the molecule is N#C/C(=C/NCC(=O)O)C(=O)NCC(=O)O. The zero-order chi connectivity index (χ0) is 12.6. The van der Waals surface area contributed by atoms with Gasteiger partial charge < -0.3 is 20.8 Å². The molecule has 4 N–H and O–H groups in total. The summed E-state index contributed by atoms with van der Waals surface area (Å²) < 4.78 is 0. The Morgan fingerprint density at radius 2 is 1.75 bits per heavy atom. The lowest BCUT2D eigenvalue weighted by Crippen LogP contribution is -2.31. The normalized spacial score (nSPS) is 10.1. The van der Waals surface area contributed by atoms with Gasteiger partial charge in [0.1, 0.15) is 24.7 Å². The van der Waals surface area contributed by atoms with Gasteiger partial charge in [-0.1, -0.05) is 0 Å². The number of nitrogens with zero attached hydrogens (tertiary/aromatic N) is 1. The molecule has 0 saturated carbocycles. The maximum atomic E-state index is 11.1. The van der Waals surface area contributed by atoms with Crippen LogP contribution in [0, 0.1) is 11.3 Å². The van der Waals surface area contributed by atoms with Crippen LogP contribution in [0.25, 0.3) is 0 Å². The average Bonchev–Trinajstić information content (AvgIpc) is 2.20.